The summed E-state index contributed by atoms with van der Waals surface area (Å²) in [6.45, 7) is 1.43. The molecule has 0 heterocycles. The summed E-state index contributed by atoms with van der Waals surface area (Å²) in [5, 5.41) is 10.9. The van der Waals surface area contributed by atoms with Gasteiger partial charge in [-0.1, -0.05) is 6.92 Å². The van der Waals surface area contributed by atoms with Gasteiger partial charge >= 0.3 is 12.3 Å². The number of carbonyl (C=O) groups is 1. The molecule has 2 atom stereocenters. The maximum absolute atomic E-state index is 11.6. The zero-order valence-corrected chi connectivity index (χ0v) is 8.47. The molecule has 0 aliphatic rings. The van der Waals surface area contributed by atoms with Gasteiger partial charge in [0.1, 0.15) is 0 Å². The Morgan fingerprint density at radius 3 is 2.40 bits per heavy atom. The van der Waals surface area contributed by atoms with Crippen LogP contribution in [0, 0.1) is 5.92 Å². The first-order valence-electron chi connectivity index (χ1n) is 4.37. The normalized spacial score (nSPS) is 15.6. The summed E-state index contributed by atoms with van der Waals surface area (Å²) in [5.41, 5.74) is 0. The van der Waals surface area contributed by atoms with Gasteiger partial charge < -0.3 is 15.2 Å². The second kappa shape index (κ2) is 5.79. The van der Waals surface area contributed by atoms with Gasteiger partial charge in [-0.2, -0.15) is 13.2 Å². The Hall–Kier alpha value is -0.980. The largest absolute Gasteiger partial charge is 0.440 e. The van der Waals surface area contributed by atoms with E-state index in [1.165, 1.54) is 0 Å². The molecule has 1 amide bonds. The molecule has 0 aromatic rings. The van der Waals surface area contributed by atoms with Crippen LogP contribution in [0.2, 0.25) is 0 Å². The molecule has 4 nitrogen and oxygen atoms in total. The Labute approximate surface area is 85.4 Å². The predicted octanol–water partition coefficient (Wildman–Crippen LogP) is 1.29. The van der Waals surface area contributed by atoms with E-state index >= 15 is 0 Å². The number of aliphatic hydroxyl groups excluding tert-OH is 1. The fourth-order valence-electron chi connectivity index (χ4n) is 0.675. The lowest BCUT2D eigenvalue weighted by atomic mass is 10.1. The number of hydrogen-bond donors (Lipinski definition) is 2. The van der Waals surface area contributed by atoms with E-state index in [2.05, 4.69) is 10.1 Å². The van der Waals surface area contributed by atoms with Gasteiger partial charge in [-0.15, -0.1) is 0 Å². The maximum atomic E-state index is 11.6. The van der Waals surface area contributed by atoms with Crippen LogP contribution in [0.1, 0.15) is 13.8 Å². The van der Waals surface area contributed by atoms with Gasteiger partial charge in [0.25, 0.3) is 0 Å². The highest BCUT2D eigenvalue weighted by Gasteiger charge is 2.29. The van der Waals surface area contributed by atoms with Crippen LogP contribution in [-0.2, 0) is 4.74 Å². The van der Waals surface area contributed by atoms with Crippen molar-refractivity contribution in [3.8, 4) is 0 Å². The number of amides is 1. The Bertz CT molecular complexity index is 208. The SMILES string of the molecule is CC(CO)C(C)NC(=O)OCC(F)(F)F. The molecule has 7 heteroatoms. The van der Waals surface area contributed by atoms with Crippen LogP contribution >= 0.6 is 0 Å². The minimum absolute atomic E-state index is 0.166. The van der Waals surface area contributed by atoms with Crippen LogP contribution in [0.3, 0.4) is 0 Å². The summed E-state index contributed by atoms with van der Waals surface area (Å²) in [7, 11) is 0. The number of hydrogen-bond acceptors (Lipinski definition) is 3. The monoisotopic (exact) mass is 229 g/mol. The molecule has 0 aromatic carbocycles. The van der Waals surface area contributed by atoms with Gasteiger partial charge in [0.15, 0.2) is 6.61 Å². The van der Waals surface area contributed by atoms with E-state index < -0.39 is 24.9 Å². The molecular formula is C8H14F3NO3. The summed E-state index contributed by atoms with van der Waals surface area (Å²) in [6.07, 6.45) is -5.66. The molecule has 0 spiro atoms. The van der Waals surface area contributed by atoms with E-state index in [0.29, 0.717) is 0 Å². The number of halogens is 3. The molecule has 0 saturated heterocycles. The summed E-state index contributed by atoms with van der Waals surface area (Å²) < 4.78 is 38.8. The lowest BCUT2D eigenvalue weighted by Crippen LogP contribution is -2.39. The van der Waals surface area contributed by atoms with Crippen molar-refractivity contribution in [2.75, 3.05) is 13.2 Å². The number of aliphatic hydroxyl groups is 1. The second-order valence-electron chi connectivity index (χ2n) is 3.28. The van der Waals surface area contributed by atoms with Crippen LogP contribution < -0.4 is 5.32 Å². The molecule has 0 aliphatic heterocycles. The fourth-order valence-corrected chi connectivity index (χ4v) is 0.675. The van der Waals surface area contributed by atoms with Crippen LogP contribution in [0.4, 0.5) is 18.0 Å². The molecule has 0 aromatic heterocycles. The van der Waals surface area contributed by atoms with Gasteiger partial charge in [0.05, 0.1) is 0 Å². The number of nitrogens with one attached hydrogen (secondary N) is 1. The maximum Gasteiger partial charge on any atom is 0.422 e. The summed E-state index contributed by atoms with van der Waals surface area (Å²) >= 11 is 0. The highest BCUT2D eigenvalue weighted by atomic mass is 19.4. The Kier molecular flexibility index (Phi) is 5.41. The number of alkyl carbamates (subject to hydrolysis) is 1. The lowest BCUT2D eigenvalue weighted by Gasteiger charge is -2.19. The zero-order chi connectivity index (χ0) is 12.1. The predicted molar refractivity (Wildman–Crippen MR) is 46.3 cm³/mol. The fraction of sp³-hybridized carbons (Fsp3) is 0.875. The van der Waals surface area contributed by atoms with Gasteiger partial charge in [0, 0.05) is 12.6 Å². The molecule has 2 N–H and O–H groups in total. The summed E-state index contributed by atoms with van der Waals surface area (Å²) in [6, 6.07) is -0.448. The van der Waals surface area contributed by atoms with Crippen molar-refractivity contribution in [2.45, 2.75) is 26.1 Å². The minimum Gasteiger partial charge on any atom is -0.440 e. The molecule has 90 valence electrons. The van der Waals surface area contributed by atoms with Crippen molar-refractivity contribution in [1.82, 2.24) is 5.32 Å². The molecule has 0 saturated carbocycles. The highest BCUT2D eigenvalue weighted by Crippen LogP contribution is 2.14. The molecule has 2 unspecified atom stereocenters. The molecular weight excluding hydrogens is 215 g/mol. The standard InChI is InChI=1S/C8H14F3NO3/c1-5(3-13)6(2)12-7(14)15-4-8(9,10)11/h5-6,13H,3-4H2,1-2H3,(H,12,14). The molecule has 0 bridgehead atoms. The number of ether oxygens (including phenoxy) is 1. The number of alkyl halides is 3. The molecule has 0 radical (unpaired) electrons. The first kappa shape index (κ1) is 14.0. The van der Waals surface area contributed by atoms with Crippen LogP contribution in [0.25, 0.3) is 0 Å². The van der Waals surface area contributed by atoms with E-state index in [1.54, 1.807) is 13.8 Å². The zero-order valence-electron chi connectivity index (χ0n) is 8.47. The summed E-state index contributed by atoms with van der Waals surface area (Å²) in [4.78, 5) is 10.8. The molecule has 0 rings (SSSR count). The smallest absolute Gasteiger partial charge is 0.422 e. The van der Waals surface area contributed by atoms with Crippen molar-refractivity contribution in [3.05, 3.63) is 0 Å². The van der Waals surface area contributed by atoms with Crippen molar-refractivity contribution in [3.63, 3.8) is 0 Å². The Balaban J connectivity index is 3.84. The topological polar surface area (TPSA) is 58.6 Å². The average molecular weight is 229 g/mol. The Morgan fingerprint density at radius 2 is 2.00 bits per heavy atom. The summed E-state index contributed by atoms with van der Waals surface area (Å²) in [5.74, 6) is -0.247. The highest BCUT2D eigenvalue weighted by molar-refractivity contribution is 5.67. The van der Waals surface area contributed by atoms with Gasteiger partial charge in [0.2, 0.25) is 0 Å². The number of rotatable bonds is 4. The van der Waals surface area contributed by atoms with Crippen molar-refractivity contribution < 1.29 is 27.8 Å². The van der Waals surface area contributed by atoms with Crippen LogP contribution in [0.15, 0.2) is 0 Å². The third-order valence-electron chi connectivity index (χ3n) is 1.85. The van der Waals surface area contributed by atoms with E-state index in [-0.39, 0.29) is 12.5 Å². The van der Waals surface area contributed by atoms with Crippen LogP contribution in [-0.4, -0.2) is 36.6 Å². The quantitative estimate of drug-likeness (QED) is 0.763. The first-order valence-corrected chi connectivity index (χ1v) is 4.37. The lowest BCUT2D eigenvalue weighted by molar-refractivity contribution is -0.160. The van der Waals surface area contributed by atoms with Gasteiger partial charge in [-0.05, 0) is 12.8 Å². The minimum atomic E-state index is -4.52. The van der Waals surface area contributed by atoms with E-state index in [4.69, 9.17) is 5.11 Å². The third-order valence-corrected chi connectivity index (χ3v) is 1.85. The van der Waals surface area contributed by atoms with Crippen LogP contribution in [0.5, 0.6) is 0 Å². The van der Waals surface area contributed by atoms with Gasteiger partial charge in [-0.3, -0.25) is 0 Å². The van der Waals surface area contributed by atoms with Gasteiger partial charge in [-0.25, -0.2) is 4.79 Å². The van der Waals surface area contributed by atoms with Crippen molar-refractivity contribution in [2.24, 2.45) is 5.92 Å². The molecule has 0 fully saturated rings. The van der Waals surface area contributed by atoms with E-state index in [1.807, 2.05) is 0 Å². The second-order valence-corrected chi connectivity index (χ2v) is 3.28. The molecule has 0 aliphatic carbocycles. The number of carbonyl (C=O) groups excluding carboxylic acids is 1. The average Bonchev–Trinajstić information content (AvgIpc) is 2.12. The molecule has 15 heavy (non-hydrogen) atoms. The van der Waals surface area contributed by atoms with E-state index in [9.17, 15) is 18.0 Å². The Morgan fingerprint density at radius 1 is 1.47 bits per heavy atom. The van der Waals surface area contributed by atoms with Crippen molar-refractivity contribution >= 4 is 6.09 Å². The third kappa shape index (κ3) is 7.01. The first-order chi connectivity index (χ1) is 6.76. The van der Waals surface area contributed by atoms with Crippen molar-refractivity contribution in [1.29, 1.82) is 0 Å². The van der Waals surface area contributed by atoms with E-state index in [0.717, 1.165) is 0 Å².